The Morgan fingerprint density at radius 2 is 1.08 bits per heavy atom. The van der Waals surface area contributed by atoms with Crippen LogP contribution in [0.25, 0.3) is 0 Å². The Balaban J connectivity index is 0.000000254. The van der Waals surface area contributed by atoms with E-state index < -0.39 is 24.1 Å². The normalized spacial score (nSPS) is 25.1. The van der Waals surface area contributed by atoms with E-state index in [0.717, 1.165) is 45.1 Å². The van der Waals surface area contributed by atoms with E-state index in [-0.39, 0.29) is 48.2 Å². The lowest BCUT2D eigenvalue weighted by Gasteiger charge is -2.21. The highest BCUT2D eigenvalue weighted by molar-refractivity contribution is 6.23. The number of aldehydes is 1. The molecular weight excluding hydrogens is 676 g/mol. The maximum Gasteiger partial charge on any atom is 0.287 e. The number of hydrogen-bond donors (Lipinski definition) is 3. The molecule has 5 amide bonds. The highest BCUT2D eigenvalue weighted by atomic mass is 16.6. The first-order chi connectivity index (χ1) is 25.0. The van der Waals surface area contributed by atoms with Gasteiger partial charge in [0, 0.05) is 45.4 Å². The number of likely N-dealkylation sites (tertiary alicyclic amines) is 4. The molecule has 0 aromatic rings. The van der Waals surface area contributed by atoms with Gasteiger partial charge in [0.2, 0.25) is 30.3 Å². The van der Waals surface area contributed by atoms with Gasteiger partial charge in [-0.05, 0) is 70.8 Å². The van der Waals surface area contributed by atoms with Crippen molar-refractivity contribution in [2.45, 2.75) is 101 Å². The molecule has 2 unspecified atom stereocenters. The minimum Gasteiger partial charge on any atom is -0.368 e. The summed E-state index contributed by atoms with van der Waals surface area (Å²) >= 11 is 0. The van der Waals surface area contributed by atoms with Gasteiger partial charge in [-0.1, -0.05) is 0 Å². The molecule has 0 saturated carbocycles. The van der Waals surface area contributed by atoms with E-state index in [4.69, 9.17) is 31.9 Å². The van der Waals surface area contributed by atoms with E-state index in [1.54, 1.807) is 0 Å². The molecule has 5 fully saturated rings. The van der Waals surface area contributed by atoms with Crippen LogP contribution in [-0.2, 0) is 33.5 Å². The summed E-state index contributed by atoms with van der Waals surface area (Å²) in [6.45, 7) is 3.11. The van der Waals surface area contributed by atoms with Crippen molar-refractivity contribution in [3.63, 3.8) is 0 Å². The van der Waals surface area contributed by atoms with Crippen molar-refractivity contribution in [3.8, 4) is 24.3 Å². The van der Waals surface area contributed by atoms with Crippen molar-refractivity contribution in [1.82, 2.24) is 24.9 Å². The van der Waals surface area contributed by atoms with E-state index in [0.29, 0.717) is 51.9 Å². The molecule has 5 rings (SSSR count). The Labute approximate surface area is 302 Å². The minimum atomic E-state index is -1.44. The maximum atomic E-state index is 11.9. The van der Waals surface area contributed by atoms with Gasteiger partial charge in [-0.25, -0.2) is 0 Å². The summed E-state index contributed by atoms with van der Waals surface area (Å²) in [4.78, 5) is 72.1. The van der Waals surface area contributed by atoms with Gasteiger partial charge in [-0.15, -0.1) is 0 Å². The van der Waals surface area contributed by atoms with E-state index in [1.807, 2.05) is 12.1 Å². The summed E-state index contributed by atoms with van der Waals surface area (Å²) in [5.74, 6) is -1.94. The first kappa shape index (κ1) is 42.8. The molecule has 0 bridgehead atoms. The predicted octanol–water partition coefficient (Wildman–Crippen LogP) is -1.04. The Morgan fingerprint density at radius 3 is 1.38 bits per heavy atom. The number of carbonyl (C=O) groups is 6. The topological polar surface area (TPSA) is 278 Å². The third kappa shape index (κ3) is 12.4. The minimum absolute atomic E-state index is 0.0463. The number of nitrogens with two attached hydrogens (primary N) is 1. The second-order valence-corrected chi connectivity index (χ2v) is 12.4. The number of aliphatic hydroxyl groups is 1. The van der Waals surface area contributed by atoms with Gasteiger partial charge >= 0.3 is 0 Å². The highest BCUT2D eigenvalue weighted by Gasteiger charge is 2.33. The zero-order valence-corrected chi connectivity index (χ0v) is 29.3. The van der Waals surface area contributed by atoms with Crippen LogP contribution in [0.15, 0.2) is 12.2 Å². The van der Waals surface area contributed by atoms with E-state index in [1.165, 1.54) is 38.9 Å². The lowest BCUT2D eigenvalue weighted by atomic mass is 10.2. The van der Waals surface area contributed by atoms with Crippen LogP contribution in [0.5, 0.6) is 0 Å². The van der Waals surface area contributed by atoms with Gasteiger partial charge in [0.05, 0.1) is 30.3 Å². The SMILES string of the molecule is COC(O)C(=O)N1CCC[C@H]1C#N.N#CC1CCCN1C(=O)/C=C/C(=O)N1CCC[C@H]1C#N.N#C[C@@H]1CCCN1C(=O)C=O.NC(=O)[C@@H]1CCCN1. The Morgan fingerprint density at radius 1 is 0.692 bits per heavy atom. The molecule has 6 atom stereocenters. The number of rotatable bonds is 6. The standard InChI is InChI=1S/C14H16N4O2.C8H12N2O3.C7H8N2O2.C5H10N2O/c15-9-11-3-1-7-17(11)13(19)5-6-14(20)18-8-2-4-12(18)10-16;1-13-8(12)7(11)10-4-2-3-6(10)5-9;8-4-6-2-1-3-9(6)7(11)5-10;6-5(8)4-2-1-3-7-4/h5-6,11-12H,1-4,7-8H2;6,8,12H,2-4H2,1H3;5-6H,1-3H2;4,7H,1-3H2,(H2,6,8)/b6-5+;;;/t11-,12?;6-,8?;6-;4-/m0000/s1. The molecule has 5 aliphatic heterocycles. The lowest BCUT2D eigenvalue weighted by Crippen LogP contribution is -2.42. The molecule has 0 radical (unpaired) electrons. The van der Waals surface area contributed by atoms with Crippen molar-refractivity contribution in [1.29, 1.82) is 21.0 Å². The lowest BCUT2D eigenvalue weighted by molar-refractivity contribution is -0.164. The molecule has 5 heterocycles. The molecule has 280 valence electrons. The molecule has 5 aliphatic rings. The fraction of sp³-hybridized carbons (Fsp3) is 0.647. The number of nitrogens with zero attached hydrogens (tertiary/aromatic N) is 8. The second-order valence-electron chi connectivity index (χ2n) is 12.4. The highest BCUT2D eigenvalue weighted by Crippen LogP contribution is 2.19. The van der Waals surface area contributed by atoms with Gasteiger partial charge in [0.25, 0.3) is 11.8 Å². The molecular formula is C34H46N10O8. The summed E-state index contributed by atoms with van der Waals surface area (Å²) in [5.41, 5.74) is 5.00. The van der Waals surface area contributed by atoms with Crippen LogP contribution in [0.2, 0.25) is 0 Å². The number of nitriles is 4. The monoisotopic (exact) mass is 722 g/mol. The molecule has 0 aromatic carbocycles. The van der Waals surface area contributed by atoms with Crippen LogP contribution in [0.4, 0.5) is 0 Å². The number of carbonyl (C=O) groups excluding carboxylic acids is 6. The van der Waals surface area contributed by atoms with Crippen LogP contribution < -0.4 is 11.1 Å². The predicted molar refractivity (Wildman–Crippen MR) is 180 cm³/mol. The van der Waals surface area contributed by atoms with Gasteiger partial charge in [0.15, 0.2) is 0 Å². The van der Waals surface area contributed by atoms with Crippen molar-refractivity contribution < 1.29 is 38.6 Å². The molecule has 5 saturated heterocycles. The number of ether oxygens (including phenoxy) is 1. The Hall–Kier alpha value is -5.40. The molecule has 18 nitrogen and oxygen atoms in total. The van der Waals surface area contributed by atoms with E-state index in [2.05, 4.69) is 22.2 Å². The van der Waals surface area contributed by atoms with Gasteiger partial charge in [-0.2, -0.15) is 21.0 Å². The Kier molecular flexibility index (Phi) is 18.4. The van der Waals surface area contributed by atoms with E-state index >= 15 is 0 Å². The summed E-state index contributed by atoms with van der Waals surface area (Å²) in [6, 6.07) is 6.55. The Bertz CT molecular complexity index is 1430. The van der Waals surface area contributed by atoms with Crippen LogP contribution in [-0.4, -0.2) is 137 Å². The quantitative estimate of drug-likeness (QED) is 0.128. The molecule has 52 heavy (non-hydrogen) atoms. The summed E-state index contributed by atoms with van der Waals surface area (Å²) in [6.07, 6.45) is 9.23. The van der Waals surface area contributed by atoms with Crippen molar-refractivity contribution >= 4 is 35.8 Å². The third-order valence-corrected chi connectivity index (χ3v) is 9.05. The van der Waals surface area contributed by atoms with Crippen molar-refractivity contribution in [3.05, 3.63) is 12.2 Å². The molecule has 0 spiro atoms. The van der Waals surface area contributed by atoms with Crippen LogP contribution in [0.1, 0.15) is 64.2 Å². The number of aliphatic hydroxyl groups excluding tert-OH is 1. The van der Waals surface area contributed by atoms with Crippen LogP contribution in [0.3, 0.4) is 0 Å². The average Bonchev–Trinajstić information content (AvgIpc) is 4.02. The van der Waals surface area contributed by atoms with Crippen LogP contribution >= 0.6 is 0 Å². The van der Waals surface area contributed by atoms with Gasteiger partial charge in [-0.3, -0.25) is 28.8 Å². The third-order valence-electron chi connectivity index (χ3n) is 9.05. The molecule has 0 aliphatic carbocycles. The zero-order chi connectivity index (χ0) is 38.6. The zero-order valence-electron chi connectivity index (χ0n) is 29.3. The van der Waals surface area contributed by atoms with Crippen molar-refractivity contribution in [2.75, 3.05) is 39.8 Å². The smallest absolute Gasteiger partial charge is 0.287 e. The molecule has 0 aromatic heterocycles. The number of amides is 5. The van der Waals surface area contributed by atoms with Crippen molar-refractivity contribution in [2.24, 2.45) is 5.73 Å². The first-order valence-corrected chi connectivity index (χ1v) is 17.1. The number of hydrogen-bond acceptors (Lipinski definition) is 13. The second kappa shape index (κ2) is 22.4. The number of methoxy groups -OCH3 is 1. The summed E-state index contributed by atoms with van der Waals surface area (Å²) in [5, 5.41) is 47.1. The largest absolute Gasteiger partial charge is 0.368 e. The maximum absolute atomic E-state index is 11.9. The summed E-state index contributed by atoms with van der Waals surface area (Å²) in [7, 11) is 1.25. The fourth-order valence-electron chi connectivity index (χ4n) is 6.23. The number of nitrogens with one attached hydrogen (secondary N) is 1. The number of primary amides is 1. The van der Waals surface area contributed by atoms with Gasteiger partial charge < -0.3 is 40.5 Å². The fourth-order valence-corrected chi connectivity index (χ4v) is 6.23. The average molecular weight is 723 g/mol. The molecule has 4 N–H and O–H groups in total. The van der Waals surface area contributed by atoms with Crippen LogP contribution in [0, 0.1) is 45.3 Å². The van der Waals surface area contributed by atoms with E-state index in [9.17, 15) is 28.8 Å². The summed E-state index contributed by atoms with van der Waals surface area (Å²) < 4.78 is 4.47. The molecule has 18 heteroatoms. The first-order valence-electron chi connectivity index (χ1n) is 17.1. The van der Waals surface area contributed by atoms with Gasteiger partial charge in [0.1, 0.15) is 24.2 Å².